The van der Waals surface area contributed by atoms with Crippen LogP contribution in [0.15, 0.2) is 57.9 Å². The number of nitrogens with zero attached hydrogens (tertiary/aromatic N) is 1. The highest BCUT2D eigenvalue weighted by molar-refractivity contribution is 5.95. The molecule has 0 unspecified atom stereocenters. The molecule has 0 radical (unpaired) electrons. The highest BCUT2D eigenvalue weighted by atomic mass is 16.4. The molecule has 0 saturated carbocycles. The molecular weight excluding hydrogens is 294 g/mol. The zero-order chi connectivity index (χ0) is 16.2. The van der Waals surface area contributed by atoms with Crippen LogP contribution >= 0.6 is 0 Å². The minimum absolute atomic E-state index is 0.0901. The predicted molar refractivity (Wildman–Crippen MR) is 88.6 cm³/mol. The molecule has 0 fully saturated rings. The van der Waals surface area contributed by atoms with Crippen LogP contribution in [0.25, 0.3) is 11.0 Å². The monoisotopic (exact) mass is 309 g/mol. The number of benzene rings is 1. The van der Waals surface area contributed by atoms with Gasteiger partial charge in [0.15, 0.2) is 0 Å². The number of hydrogen-bond acceptors (Lipinski definition) is 5. The number of aromatic nitrogens is 1. The second-order valence-corrected chi connectivity index (χ2v) is 5.08. The lowest BCUT2D eigenvalue weighted by Gasteiger charge is -2.08. The van der Waals surface area contributed by atoms with Gasteiger partial charge in [-0.3, -0.25) is 4.79 Å². The maximum Gasteiger partial charge on any atom is 0.336 e. The third-order valence-corrected chi connectivity index (χ3v) is 3.33. The van der Waals surface area contributed by atoms with Crippen LogP contribution in [0, 0.1) is 6.92 Å². The summed E-state index contributed by atoms with van der Waals surface area (Å²) in [4.78, 5) is 27.5. The van der Waals surface area contributed by atoms with Crippen LogP contribution in [0.5, 0.6) is 0 Å². The average molecular weight is 309 g/mol. The third-order valence-electron chi connectivity index (χ3n) is 3.33. The molecule has 116 valence electrons. The molecule has 0 atom stereocenters. The molecule has 0 aliphatic carbocycles. The van der Waals surface area contributed by atoms with E-state index in [1.54, 1.807) is 30.5 Å². The standard InChI is InChI=1S/C17H15N3O3/c1-11-8-17(22)23-14-9-12(5-6-13(11)14)20-16(21)10-19-15-4-2-3-7-18-15/h2-9H,10H2,1H3,(H,18,19)(H,20,21). The van der Waals surface area contributed by atoms with Gasteiger partial charge in [0.2, 0.25) is 5.91 Å². The third kappa shape index (κ3) is 3.55. The first kappa shape index (κ1) is 14.8. The van der Waals surface area contributed by atoms with Gasteiger partial charge in [0.1, 0.15) is 11.4 Å². The van der Waals surface area contributed by atoms with E-state index in [1.165, 1.54) is 6.07 Å². The molecular formula is C17H15N3O3. The van der Waals surface area contributed by atoms with Gasteiger partial charge in [0.25, 0.3) is 0 Å². The van der Waals surface area contributed by atoms with Crippen molar-refractivity contribution in [2.75, 3.05) is 17.2 Å². The van der Waals surface area contributed by atoms with Gasteiger partial charge in [-0.1, -0.05) is 6.07 Å². The number of aryl methyl sites for hydroxylation is 1. The number of fused-ring (bicyclic) bond motifs is 1. The van der Waals surface area contributed by atoms with Crippen LogP contribution in [0.1, 0.15) is 5.56 Å². The van der Waals surface area contributed by atoms with Crippen molar-refractivity contribution < 1.29 is 9.21 Å². The van der Waals surface area contributed by atoms with E-state index in [9.17, 15) is 9.59 Å². The summed E-state index contributed by atoms with van der Waals surface area (Å²) in [5.41, 5.74) is 1.45. The molecule has 3 rings (SSSR count). The zero-order valence-corrected chi connectivity index (χ0v) is 12.5. The fourth-order valence-electron chi connectivity index (χ4n) is 2.25. The summed E-state index contributed by atoms with van der Waals surface area (Å²) in [6, 6.07) is 12.1. The van der Waals surface area contributed by atoms with Gasteiger partial charge >= 0.3 is 5.63 Å². The number of pyridine rings is 1. The van der Waals surface area contributed by atoms with E-state index in [1.807, 2.05) is 19.1 Å². The minimum Gasteiger partial charge on any atom is -0.423 e. The molecule has 2 heterocycles. The van der Waals surface area contributed by atoms with E-state index >= 15 is 0 Å². The van der Waals surface area contributed by atoms with E-state index in [2.05, 4.69) is 15.6 Å². The van der Waals surface area contributed by atoms with Gasteiger partial charge < -0.3 is 15.1 Å². The number of nitrogens with one attached hydrogen (secondary N) is 2. The van der Waals surface area contributed by atoms with Gasteiger partial charge in [-0.05, 0) is 36.8 Å². The first-order valence-electron chi connectivity index (χ1n) is 7.11. The lowest BCUT2D eigenvalue weighted by molar-refractivity contribution is -0.114. The van der Waals surface area contributed by atoms with E-state index in [0.29, 0.717) is 17.1 Å². The molecule has 6 heteroatoms. The number of hydrogen-bond donors (Lipinski definition) is 2. The van der Waals surface area contributed by atoms with E-state index in [4.69, 9.17) is 4.42 Å². The Bertz CT molecular complexity index is 904. The van der Waals surface area contributed by atoms with Crippen molar-refractivity contribution in [1.82, 2.24) is 4.98 Å². The number of amides is 1. The van der Waals surface area contributed by atoms with E-state index < -0.39 is 5.63 Å². The average Bonchev–Trinajstić information content (AvgIpc) is 2.53. The molecule has 0 saturated heterocycles. The Labute approximate surface area is 132 Å². The first-order valence-corrected chi connectivity index (χ1v) is 7.11. The van der Waals surface area contributed by atoms with Crippen molar-refractivity contribution >= 4 is 28.4 Å². The summed E-state index contributed by atoms with van der Waals surface area (Å²) >= 11 is 0. The van der Waals surface area contributed by atoms with Crippen molar-refractivity contribution in [2.45, 2.75) is 6.92 Å². The Hall–Kier alpha value is -3.15. The number of rotatable bonds is 4. The quantitative estimate of drug-likeness (QED) is 0.724. The van der Waals surface area contributed by atoms with Crippen LogP contribution in [0.4, 0.5) is 11.5 Å². The maximum atomic E-state index is 12.0. The van der Waals surface area contributed by atoms with Crippen LogP contribution in [0.3, 0.4) is 0 Å². The Balaban J connectivity index is 1.71. The number of carbonyl (C=O) groups is 1. The highest BCUT2D eigenvalue weighted by Gasteiger charge is 2.06. The van der Waals surface area contributed by atoms with Crippen molar-refractivity contribution in [3.8, 4) is 0 Å². The van der Waals surface area contributed by atoms with Crippen LogP contribution in [0.2, 0.25) is 0 Å². The Morgan fingerprint density at radius 2 is 2.09 bits per heavy atom. The summed E-state index contributed by atoms with van der Waals surface area (Å²) in [5, 5.41) is 6.52. The van der Waals surface area contributed by atoms with Crippen molar-refractivity contribution in [2.24, 2.45) is 0 Å². The zero-order valence-electron chi connectivity index (χ0n) is 12.5. The number of anilines is 2. The molecule has 2 aromatic heterocycles. The Morgan fingerprint density at radius 3 is 2.87 bits per heavy atom. The minimum atomic E-state index is -0.407. The van der Waals surface area contributed by atoms with Crippen molar-refractivity contribution in [3.05, 3.63) is 64.6 Å². The molecule has 1 amide bonds. The van der Waals surface area contributed by atoms with E-state index in [0.717, 1.165) is 10.9 Å². The molecule has 2 N–H and O–H groups in total. The Kier molecular flexibility index (Phi) is 4.05. The SMILES string of the molecule is Cc1cc(=O)oc2cc(NC(=O)CNc3ccccn3)ccc12. The highest BCUT2D eigenvalue weighted by Crippen LogP contribution is 2.20. The van der Waals surface area contributed by atoms with E-state index in [-0.39, 0.29) is 12.5 Å². The van der Waals surface area contributed by atoms with Crippen LogP contribution in [-0.4, -0.2) is 17.4 Å². The van der Waals surface area contributed by atoms with Gasteiger partial charge in [-0.15, -0.1) is 0 Å². The molecule has 0 aliphatic rings. The fraction of sp³-hybridized carbons (Fsp3) is 0.118. The molecule has 0 aliphatic heterocycles. The molecule has 1 aromatic carbocycles. The fourth-order valence-corrected chi connectivity index (χ4v) is 2.25. The maximum absolute atomic E-state index is 12.0. The number of carbonyl (C=O) groups excluding carboxylic acids is 1. The van der Waals surface area contributed by atoms with Gasteiger partial charge in [0, 0.05) is 29.4 Å². The molecule has 0 bridgehead atoms. The normalized spacial score (nSPS) is 10.5. The Morgan fingerprint density at radius 1 is 1.22 bits per heavy atom. The van der Waals surface area contributed by atoms with Gasteiger partial charge in [-0.2, -0.15) is 0 Å². The second kappa shape index (κ2) is 6.31. The summed E-state index contributed by atoms with van der Waals surface area (Å²) in [5.74, 6) is 0.410. The van der Waals surface area contributed by atoms with Crippen molar-refractivity contribution in [3.63, 3.8) is 0 Å². The summed E-state index contributed by atoms with van der Waals surface area (Å²) in [7, 11) is 0. The van der Waals surface area contributed by atoms with Crippen molar-refractivity contribution in [1.29, 1.82) is 0 Å². The lowest BCUT2D eigenvalue weighted by atomic mass is 10.1. The molecule has 3 aromatic rings. The summed E-state index contributed by atoms with van der Waals surface area (Å²) in [6.45, 7) is 1.93. The summed E-state index contributed by atoms with van der Waals surface area (Å²) < 4.78 is 5.16. The first-order chi connectivity index (χ1) is 11.1. The topological polar surface area (TPSA) is 84.2 Å². The molecule has 6 nitrogen and oxygen atoms in total. The molecule has 23 heavy (non-hydrogen) atoms. The van der Waals surface area contributed by atoms with Crippen LogP contribution < -0.4 is 16.3 Å². The summed E-state index contributed by atoms with van der Waals surface area (Å²) in [6.07, 6.45) is 1.65. The smallest absolute Gasteiger partial charge is 0.336 e. The second-order valence-electron chi connectivity index (χ2n) is 5.08. The molecule has 0 spiro atoms. The largest absolute Gasteiger partial charge is 0.423 e. The van der Waals surface area contributed by atoms with Gasteiger partial charge in [-0.25, -0.2) is 9.78 Å². The lowest BCUT2D eigenvalue weighted by Crippen LogP contribution is -2.22. The van der Waals surface area contributed by atoms with Gasteiger partial charge in [0.05, 0.1) is 6.54 Å². The predicted octanol–water partition coefficient (Wildman–Crippen LogP) is 2.55. The van der Waals surface area contributed by atoms with Crippen LogP contribution in [-0.2, 0) is 4.79 Å².